The van der Waals surface area contributed by atoms with E-state index in [0.29, 0.717) is 11.4 Å². The molecule has 1 N–H and O–H groups in total. The highest BCUT2D eigenvalue weighted by Crippen LogP contribution is 2.34. The summed E-state index contributed by atoms with van der Waals surface area (Å²) in [7, 11) is 0. The van der Waals surface area contributed by atoms with Gasteiger partial charge in [-0.15, -0.1) is 0 Å². The summed E-state index contributed by atoms with van der Waals surface area (Å²) in [5.74, 6) is -6.76. The number of halogens is 4. The molecule has 0 bridgehead atoms. The van der Waals surface area contributed by atoms with Crippen LogP contribution in [0.4, 0.5) is 34.6 Å². The smallest absolute Gasteiger partial charge is 0.199 e. The maximum absolute atomic E-state index is 14.8. The largest absolute Gasteiger partial charge is 0.352 e. The van der Waals surface area contributed by atoms with Gasteiger partial charge in [-0.25, -0.2) is 17.6 Å². The highest BCUT2D eigenvalue weighted by atomic mass is 19.2. The number of nitrogens with one attached hydrogen (secondary N) is 1. The van der Waals surface area contributed by atoms with Gasteiger partial charge in [0.15, 0.2) is 23.3 Å². The molecule has 0 spiro atoms. The Morgan fingerprint density at radius 2 is 1.06 bits per heavy atom. The first-order valence-corrected chi connectivity index (χ1v) is 9.84. The predicted molar refractivity (Wildman–Crippen MR) is 118 cm³/mol. The lowest BCUT2D eigenvalue weighted by Gasteiger charge is -2.17. The maximum Gasteiger partial charge on any atom is 0.199 e. The van der Waals surface area contributed by atoms with Gasteiger partial charge in [0.05, 0.1) is 16.9 Å². The summed E-state index contributed by atoms with van der Waals surface area (Å²) in [5.41, 5.74) is 5.26. The molecule has 0 radical (unpaired) electrons. The van der Waals surface area contributed by atoms with E-state index in [-0.39, 0.29) is 0 Å². The molecular weight excluding hydrogens is 404 g/mol. The quantitative estimate of drug-likeness (QED) is 0.197. The van der Waals surface area contributed by atoms with Gasteiger partial charge in [-0.2, -0.15) is 0 Å². The Bertz CT molecular complexity index is 1170. The molecule has 2 nitrogen and oxygen atoms in total. The zero-order chi connectivity index (χ0) is 23.0. The minimum absolute atomic E-state index is 0.491. The zero-order valence-electron chi connectivity index (χ0n) is 18.3. The first-order valence-electron chi connectivity index (χ1n) is 9.84. The fourth-order valence-electron chi connectivity index (χ4n) is 3.90. The molecule has 0 heterocycles. The molecule has 3 aromatic rings. The van der Waals surface area contributed by atoms with E-state index in [1.54, 1.807) is 13.8 Å². The van der Waals surface area contributed by atoms with Crippen molar-refractivity contribution < 1.29 is 17.6 Å². The SMILES string of the molecule is Cc1cc(C)c(N=Cc2c(F)c(F)c(F)c(F)c2Nc2c(C)cc(C)cc2C)c(C)c1. The predicted octanol–water partition coefficient (Wildman–Crippen LogP) is 7.59. The standard InChI is InChI=1S/C25H24F4N2/c1-12-7-14(3)23(15(4)8-12)30-11-18-19(26)20(27)21(28)22(29)25(18)31-24-16(5)9-13(2)10-17(24)6/h7-11,31H,1-6H3. The molecule has 0 aliphatic carbocycles. The van der Waals surface area contributed by atoms with Gasteiger partial charge in [0.1, 0.15) is 0 Å². The van der Waals surface area contributed by atoms with Crippen molar-refractivity contribution in [3.05, 3.63) is 86.5 Å². The summed E-state index contributed by atoms with van der Waals surface area (Å²) in [5, 5.41) is 2.78. The fourth-order valence-corrected chi connectivity index (χ4v) is 3.90. The molecule has 6 heteroatoms. The number of aryl methyl sites for hydroxylation is 6. The van der Waals surface area contributed by atoms with Gasteiger partial charge in [0.2, 0.25) is 0 Å². The van der Waals surface area contributed by atoms with Crippen LogP contribution in [-0.2, 0) is 0 Å². The van der Waals surface area contributed by atoms with Crippen LogP contribution in [0, 0.1) is 64.8 Å². The molecule has 0 amide bonds. The van der Waals surface area contributed by atoms with Gasteiger partial charge in [0, 0.05) is 11.9 Å². The van der Waals surface area contributed by atoms with Gasteiger partial charge in [-0.3, -0.25) is 4.99 Å². The zero-order valence-corrected chi connectivity index (χ0v) is 18.3. The first-order chi connectivity index (χ1) is 14.5. The molecule has 0 saturated carbocycles. The Morgan fingerprint density at radius 1 is 0.613 bits per heavy atom. The van der Waals surface area contributed by atoms with Crippen molar-refractivity contribution in [2.75, 3.05) is 5.32 Å². The second-order valence-corrected chi connectivity index (χ2v) is 7.95. The van der Waals surface area contributed by atoms with Crippen LogP contribution in [0.3, 0.4) is 0 Å². The van der Waals surface area contributed by atoms with Crippen molar-refractivity contribution in [1.29, 1.82) is 0 Å². The summed E-state index contributed by atoms with van der Waals surface area (Å²) in [4.78, 5) is 4.29. The Balaban J connectivity index is 2.20. The average molecular weight is 428 g/mol. The monoisotopic (exact) mass is 428 g/mol. The lowest BCUT2D eigenvalue weighted by Crippen LogP contribution is -2.09. The highest BCUT2D eigenvalue weighted by Gasteiger charge is 2.25. The van der Waals surface area contributed by atoms with E-state index in [2.05, 4.69) is 10.3 Å². The minimum Gasteiger partial charge on any atom is -0.352 e. The summed E-state index contributed by atoms with van der Waals surface area (Å²) in [6.45, 7) is 11.1. The molecule has 0 fully saturated rings. The van der Waals surface area contributed by atoms with Crippen molar-refractivity contribution in [2.24, 2.45) is 4.99 Å². The Kier molecular flexibility index (Phi) is 6.20. The second-order valence-electron chi connectivity index (χ2n) is 7.95. The summed E-state index contributed by atoms with van der Waals surface area (Å²) in [6, 6.07) is 7.52. The van der Waals surface area contributed by atoms with Crippen molar-refractivity contribution in [3.63, 3.8) is 0 Å². The van der Waals surface area contributed by atoms with E-state index < -0.39 is 34.5 Å². The number of benzene rings is 3. The number of hydrogen-bond donors (Lipinski definition) is 1. The van der Waals surface area contributed by atoms with E-state index in [4.69, 9.17) is 0 Å². The molecule has 31 heavy (non-hydrogen) atoms. The molecule has 0 unspecified atom stereocenters. The van der Waals surface area contributed by atoms with Gasteiger partial charge in [0.25, 0.3) is 0 Å². The van der Waals surface area contributed by atoms with Crippen LogP contribution in [0.2, 0.25) is 0 Å². The van der Waals surface area contributed by atoms with Crippen molar-refractivity contribution in [3.8, 4) is 0 Å². The van der Waals surface area contributed by atoms with Crippen LogP contribution in [-0.4, -0.2) is 6.21 Å². The van der Waals surface area contributed by atoms with E-state index in [1.807, 2.05) is 52.0 Å². The van der Waals surface area contributed by atoms with Crippen molar-refractivity contribution in [1.82, 2.24) is 0 Å². The molecule has 0 aromatic heterocycles. The maximum atomic E-state index is 14.8. The molecular formula is C25H24F4N2. The summed E-state index contributed by atoms with van der Waals surface area (Å²) < 4.78 is 57.6. The van der Waals surface area contributed by atoms with Crippen LogP contribution in [0.25, 0.3) is 0 Å². The van der Waals surface area contributed by atoms with Crippen LogP contribution >= 0.6 is 0 Å². The van der Waals surface area contributed by atoms with Crippen LogP contribution in [0.1, 0.15) is 38.9 Å². The molecule has 0 aliphatic heterocycles. The molecule has 162 valence electrons. The lowest BCUT2D eigenvalue weighted by atomic mass is 10.0. The second kappa shape index (κ2) is 8.53. The van der Waals surface area contributed by atoms with Gasteiger partial charge in [-0.05, 0) is 63.8 Å². The molecule has 3 aromatic carbocycles. The minimum atomic E-state index is -1.88. The molecule has 0 atom stereocenters. The Hall–Kier alpha value is -3.15. The molecule has 0 saturated heterocycles. The first kappa shape index (κ1) is 22.5. The fraction of sp³-hybridized carbons (Fsp3) is 0.240. The number of anilines is 2. The molecule has 3 rings (SSSR count). The average Bonchev–Trinajstić information content (AvgIpc) is 2.67. The third kappa shape index (κ3) is 4.33. The van der Waals surface area contributed by atoms with Crippen LogP contribution in [0.5, 0.6) is 0 Å². The van der Waals surface area contributed by atoms with Gasteiger partial charge in [-0.1, -0.05) is 35.4 Å². The summed E-state index contributed by atoms with van der Waals surface area (Å²) in [6.07, 6.45) is 1.03. The molecule has 0 aliphatic rings. The van der Waals surface area contributed by atoms with Crippen LogP contribution < -0.4 is 5.32 Å². The normalized spacial score (nSPS) is 11.4. The van der Waals surface area contributed by atoms with E-state index in [1.165, 1.54) is 0 Å². The third-order valence-electron chi connectivity index (χ3n) is 5.19. The summed E-state index contributed by atoms with van der Waals surface area (Å²) >= 11 is 0. The number of rotatable bonds is 4. The topological polar surface area (TPSA) is 24.4 Å². The lowest BCUT2D eigenvalue weighted by molar-refractivity contribution is 0.410. The van der Waals surface area contributed by atoms with Gasteiger partial charge < -0.3 is 5.32 Å². The highest BCUT2D eigenvalue weighted by molar-refractivity contribution is 5.92. The van der Waals surface area contributed by atoms with Crippen molar-refractivity contribution in [2.45, 2.75) is 41.5 Å². The third-order valence-corrected chi connectivity index (χ3v) is 5.19. The number of aliphatic imine (C=N–C) groups is 1. The Labute approximate surface area is 179 Å². The Morgan fingerprint density at radius 3 is 1.58 bits per heavy atom. The van der Waals surface area contributed by atoms with Crippen molar-refractivity contribution >= 4 is 23.3 Å². The van der Waals surface area contributed by atoms with Gasteiger partial charge >= 0.3 is 0 Å². The van der Waals surface area contributed by atoms with E-state index in [0.717, 1.165) is 39.6 Å². The number of nitrogens with zero attached hydrogens (tertiary/aromatic N) is 1. The van der Waals surface area contributed by atoms with E-state index in [9.17, 15) is 17.6 Å². The van der Waals surface area contributed by atoms with Crippen LogP contribution in [0.15, 0.2) is 29.3 Å². The van der Waals surface area contributed by atoms with E-state index >= 15 is 0 Å². The number of hydrogen-bond acceptors (Lipinski definition) is 2.